The van der Waals surface area contributed by atoms with Crippen LogP contribution in [0.3, 0.4) is 0 Å². The van der Waals surface area contributed by atoms with Crippen molar-refractivity contribution in [2.45, 2.75) is 79.1 Å². The highest BCUT2D eigenvalue weighted by atomic mass is 16.7. The highest BCUT2D eigenvalue weighted by Crippen LogP contribution is 2.48. The van der Waals surface area contributed by atoms with E-state index in [0.717, 1.165) is 37.3 Å². The molecule has 0 aromatic heterocycles. The Balaban J connectivity index is 1.55. The van der Waals surface area contributed by atoms with Crippen LogP contribution < -0.4 is 0 Å². The van der Waals surface area contributed by atoms with Gasteiger partial charge in [0.1, 0.15) is 0 Å². The van der Waals surface area contributed by atoms with Gasteiger partial charge < -0.3 is 14.4 Å². The van der Waals surface area contributed by atoms with Crippen molar-refractivity contribution in [3.8, 4) is 0 Å². The molecule has 3 aliphatic rings. The van der Waals surface area contributed by atoms with Gasteiger partial charge in [-0.3, -0.25) is 0 Å². The molecule has 140 valence electrons. The number of ether oxygens (including phenoxy) is 2. The van der Waals surface area contributed by atoms with Crippen molar-refractivity contribution in [3.63, 3.8) is 0 Å². The summed E-state index contributed by atoms with van der Waals surface area (Å²) in [4.78, 5) is 2.61. The molecule has 0 aromatic carbocycles. The van der Waals surface area contributed by atoms with Gasteiger partial charge in [0.05, 0.1) is 12.7 Å². The van der Waals surface area contributed by atoms with E-state index in [0.29, 0.717) is 11.3 Å². The van der Waals surface area contributed by atoms with Crippen molar-refractivity contribution in [3.05, 3.63) is 0 Å². The van der Waals surface area contributed by atoms with Crippen molar-refractivity contribution >= 4 is 0 Å². The first-order valence-corrected chi connectivity index (χ1v) is 10.2. The third-order valence-corrected chi connectivity index (χ3v) is 6.74. The van der Waals surface area contributed by atoms with E-state index < -0.39 is 0 Å². The van der Waals surface area contributed by atoms with E-state index in [4.69, 9.17) is 9.47 Å². The first kappa shape index (κ1) is 18.7. The Morgan fingerprint density at radius 2 is 1.71 bits per heavy atom. The molecule has 0 radical (unpaired) electrons. The zero-order valence-corrected chi connectivity index (χ0v) is 16.8. The van der Waals surface area contributed by atoms with E-state index in [1.54, 1.807) is 0 Å². The fourth-order valence-electron chi connectivity index (χ4n) is 5.43. The van der Waals surface area contributed by atoms with Gasteiger partial charge in [0.15, 0.2) is 5.79 Å². The number of hydrogen-bond acceptors (Lipinski definition) is 3. The quantitative estimate of drug-likeness (QED) is 0.737. The van der Waals surface area contributed by atoms with Crippen LogP contribution in [-0.4, -0.2) is 43.0 Å². The van der Waals surface area contributed by atoms with Gasteiger partial charge in [0, 0.05) is 32.0 Å². The van der Waals surface area contributed by atoms with Crippen molar-refractivity contribution < 1.29 is 9.47 Å². The molecule has 0 aromatic rings. The van der Waals surface area contributed by atoms with Crippen LogP contribution in [0.5, 0.6) is 0 Å². The summed E-state index contributed by atoms with van der Waals surface area (Å²) in [6.07, 6.45) is 5.16. The highest BCUT2D eigenvalue weighted by Gasteiger charge is 2.50. The average Bonchev–Trinajstić information content (AvgIpc) is 2.84. The largest absolute Gasteiger partial charge is 0.347 e. The lowest BCUT2D eigenvalue weighted by Crippen LogP contribution is -2.47. The smallest absolute Gasteiger partial charge is 0.171 e. The zero-order valence-electron chi connectivity index (χ0n) is 16.8. The highest BCUT2D eigenvalue weighted by molar-refractivity contribution is 4.93. The first-order chi connectivity index (χ1) is 11.2. The van der Waals surface area contributed by atoms with E-state index in [9.17, 15) is 0 Å². The van der Waals surface area contributed by atoms with Crippen molar-refractivity contribution in [2.75, 3.05) is 26.2 Å². The van der Waals surface area contributed by atoms with Crippen LogP contribution >= 0.6 is 0 Å². The Morgan fingerprint density at radius 3 is 2.29 bits per heavy atom. The average molecular weight is 338 g/mol. The molecule has 1 spiro atoms. The van der Waals surface area contributed by atoms with E-state index in [-0.39, 0.29) is 11.9 Å². The SMILES string of the molecule is CC1CC(C)CN(CC2COC3(CCC(C(C)(C)C)CC3C)O2)C1. The van der Waals surface area contributed by atoms with Crippen molar-refractivity contribution in [2.24, 2.45) is 29.1 Å². The molecule has 2 aliphatic heterocycles. The van der Waals surface area contributed by atoms with Crippen LogP contribution in [0.4, 0.5) is 0 Å². The Bertz CT molecular complexity index is 422. The van der Waals surface area contributed by atoms with E-state index in [1.807, 2.05) is 0 Å². The summed E-state index contributed by atoms with van der Waals surface area (Å²) in [5, 5.41) is 0. The molecule has 24 heavy (non-hydrogen) atoms. The van der Waals surface area contributed by atoms with E-state index in [2.05, 4.69) is 46.4 Å². The third-order valence-electron chi connectivity index (χ3n) is 6.74. The molecular weight excluding hydrogens is 298 g/mol. The number of hydrogen-bond donors (Lipinski definition) is 0. The van der Waals surface area contributed by atoms with Gasteiger partial charge in [0.2, 0.25) is 0 Å². The molecule has 2 saturated heterocycles. The van der Waals surface area contributed by atoms with Gasteiger partial charge in [0.25, 0.3) is 0 Å². The van der Waals surface area contributed by atoms with E-state index >= 15 is 0 Å². The summed E-state index contributed by atoms with van der Waals surface area (Å²) in [6.45, 7) is 18.5. The molecule has 3 rings (SSSR count). The Labute approximate surface area is 149 Å². The molecule has 1 saturated carbocycles. The molecule has 2 heterocycles. The molecule has 0 amide bonds. The fraction of sp³-hybridized carbons (Fsp3) is 1.00. The summed E-state index contributed by atoms with van der Waals surface area (Å²) < 4.78 is 12.9. The van der Waals surface area contributed by atoms with Gasteiger partial charge >= 0.3 is 0 Å². The maximum atomic E-state index is 6.57. The lowest BCUT2D eigenvalue weighted by atomic mass is 9.67. The molecule has 3 fully saturated rings. The monoisotopic (exact) mass is 337 g/mol. The van der Waals surface area contributed by atoms with Crippen molar-refractivity contribution in [1.29, 1.82) is 0 Å². The molecule has 3 heteroatoms. The lowest BCUT2D eigenvalue weighted by Gasteiger charge is -2.45. The van der Waals surface area contributed by atoms with Gasteiger partial charge in [-0.05, 0) is 42.4 Å². The van der Waals surface area contributed by atoms with Crippen molar-refractivity contribution in [1.82, 2.24) is 4.90 Å². The Kier molecular flexibility index (Phi) is 5.36. The molecule has 0 bridgehead atoms. The lowest BCUT2D eigenvalue weighted by molar-refractivity contribution is -0.228. The van der Waals surface area contributed by atoms with E-state index in [1.165, 1.54) is 32.4 Å². The van der Waals surface area contributed by atoms with Gasteiger partial charge in [-0.25, -0.2) is 0 Å². The summed E-state index contributed by atoms with van der Waals surface area (Å²) >= 11 is 0. The maximum Gasteiger partial charge on any atom is 0.171 e. The van der Waals surface area contributed by atoms with Crippen LogP contribution in [0.15, 0.2) is 0 Å². The number of rotatable bonds is 2. The summed E-state index contributed by atoms with van der Waals surface area (Å²) in [6, 6.07) is 0. The summed E-state index contributed by atoms with van der Waals surface area (Å²) in [7, 11) is 0. The number of piperidine rings is 1. The Morgan fingerprint density at radius 1 is 1.04 bits per heavy atom. The Hall–Kier alpha value is -0.120. The minimum absolute atomic E-state index is 0.260. The second-order valence-electron chi connectivity index (χ2n) is 10.3. The summed E-state index contributed by atoms with van der Waals surface area (Å²) in [5.74, 6) is 2.62. The number of likely N-dealkylation sites (tertiary alicyclic amines) is 1. The van der Waals surface area contributed by atoms with Gasteiger partial charge in [-0.15, -0.1) is 0 Å². The van der Waals surface area contributed by atoms with Gasteiger partial charge in [-0.1, -0.05) is 41.5 Å². The van der Waals surface area contributed by atoms with Crippen LogP contribution in [0, 0.1) is 29.1 Å². The third kappa shape index (κ3) is 3.99. The fourth-order valence-corrected chi connectivity index (χ4v) is 5.43. The zero-order chi connectivity index (χ0) is 17.5. The minimum atomic E-state index is -0.292. The normalized spacial score (nSPS) is 45.0. The second-order valence-corrected chi connectivity index (χ2v) is 10.3. The molecule has 3 nitrogen and oxygen atoms in total. The molecule has 0 N–H and O–H groups in total. The standard InChI is InChI=1S/C21H39NO2/c1-15-9-16(2)12-22(11-15)13-19-14-23-21(24-19)8-7-18(10-17(21)3)20(4,5)6/h15-19H,7-14H2,1-6H3. The minimum Gasteiger partial charge on any atom is -0.347 e. The second kappa shape index (κ2) is 6.89. The summed E-state index contributed by atoms with van der Waals surface area (Å²) in [5.41, 5.74) is 0.397. The molecule has 6 atom stereocenters. The number of nitrogens with zero attached hydrogens (tertiary/aromatic N) is 1. The molecular formula is C21H39NO2. The molecule has 6 unspecified atom stereocenters. The van der Waals surface area contributed by atoms with Crippen LogP contribution in [-0.2, 0) is 9.47 Å². The maximum absolute atomic E-state index is 6.57. The van der Waals surface area contributed by atoms with Gasteiger partial charge in [-0.2, -0.15) is 0 Å². The first-order valence-electron chi connectivity index (χ1n) is 10.2. The predicted molar refractivity (Wildman–Crippen MR) is 98.9 cm³/mol. The molecule has 1 aliphatic carbocycles. The van der Waals surface area contributed by atoms with Crippen LogP contribution in [0.25, 0.3) is 0 Å². The van der Waals surface area contributed by atoms with Crippen LogP contribution in [0.2, 0.25) is 0 Å². The predicted octanol–water partition coefficient (Wildman–Crippen LogP) is 4.56. The van der Waals surface area contributed by atoms with Crippen LogP contribution in [0.1, 0.15) is 67.2 Å². The topological polar surface area (TPSA) is 21.7 Å².